The Balaban J connectivity index is 1.73. The average Bonchev–Trinajstić information content (AvgIpc) is 3.27. The Morgan fingerprint density at radius 1 is 1.14 bits per heavy atom. The Hall–Kier alpha value is -2.69. The van der Waals surface area contributed by atoms with E-state index >= 15 is 0 Å². The van der Waals surface area contributed by atoms with E-state index in [1.165, 1.54) is 28.0 Å². The minimum Gasteiger partial charge on any atom is -0.365 e. The second-order valence-electron chi connectivity index (χ2n) is 7.32. The van der Waals surface area contributed by atoms with E-state index in [9.17, 15) is 0 Å². The molecule has 3 heterocycles. The third-order valence-corrected chi connectivity index (χ3v) is 5.40. The van der Waals surface area contributed by atoms with Crippen molar-refractivity contribution in [1.29, 1.82) is 0 Å². The van der Waals surface area contributed by atoms with Gasteiger partial charge in [-0.2, -0.15) is 0 Å². The first-order valence-corrected chi connectivity index (χ1v) is 9.88. The van der Waals surface area contributed by atoms with Crippen LogP contribution in [0.15, 0.2) is 90.2 Å². The van der Waals surface area contributed by atoms with Gasteiger partial charge in [0.1, 0.15) is 0 Å². The van der Waals surface area contributed by atoms with Crippen LogP contribution in [0.3, 0.4) is 0 Å². The van der Waals surface area contributed by atoms with E-state index in [1.54, 1.807) is 0 Å². The van der Waals surface area contributed by atoms with Crippen LogP contribution in [0.5, 0.6) is 0 Å². The van der Waals surface area contributed by atoms with Gasteiger partial charge in [0.25, 0.3) is 0 Å². The van der Waals surface area contributed by atoms with Crippen molar-refractivity contribution < 1.29 is 4.74 Å². The van der Waals surface area contributed by atoms with Gasteiger partial charge in [-0.15, -0.1) is 0 Å². The monoisotopic (exact) mass is 373 g/mol. The summed E-state index contributed by atoms with van der Waals surface area (Å²) in [4.78, 5) is 8.74. The summed E-state index contributed by atoms with van der Waals surface area (Å²) in [5, 5.41) is 0. The highest BCUT2D eigenvalue weighted by molar-refractivity contribution is 5.68. The Morgan fingerprint density at radius 3 is 2.71 bits per heavy atom. The Morgan fingerprint density at radius 2 is 2.00 bits per heavy atom. The molecule has 0 spiro atoms. The summed E-state index contributed by atoms with van der Waals surface area (Å²) in [5.74, 6) is 0. The summed E-state index contributed by atoms with van der Waals surface area (Å²) in [7, 11) is 0. The Labute approximate surface area is 167 Å². The van der Waals surface area contributed by atoms with Gasteiger partial charge in [-0.1, -0.05) is 30.9 Å². The maximum atomic E-state index is 5.58. The molecule has 144 valence electrons. The van der Waals surface area contributed by atoms with Crippen LogP contribution in [0, 0.1) is 0 Å². The molecule has 1 fully saturated rings. The molecule has 1 saturated heterocycles. The molecule has 0 atom stereocenters. The lowest BCUT2D eigenvalue weighted by molar-refractivity contribution is 0.143. The van der Waals surface area contributed by atoms with Crippen molar-refractivity contribution in [2.45, 2.75) is 19.8 Å². The molecule has 1 aromatic rings. The third-order valence-electron chi connectivity index (χ3n) is 5.40. The first-order chi connectivity index (χ1) is 13.7. The number of hydrogen-bond donors (Lipinski definition) is 0. The molecule has 0 aromatic carbocycles. The first-order valence-electron chi connectivity index (χ1n) is 9.88. The van der Waals surface area contributed by atoms with E-state index in [1.807, 2.05) is 12.4 Å². The molecule has 28 heavy (non-hydrogen) atoms. The number of ether oxygens (including phenoxy) is 1. The van der Waals surface area contributed by atoms with Crippen LogP contribution in [-0.4, -0.2) is 41.2 Å². The van der Waals surface area contributed by atoms with Crippen LogP contribution in [0.1, 0.15) is 25.3 Å². The Bertz CT molecular complexity index is 884. The molecule has 1 aromatic heterocycles. The Kier molecular flexibility index (Phi) is 5.70. The van der Waals surface area contributed by atoms with Gasteiger partial charge in [0, 0.05) is 43.1 Å². The minimum absolute atomic E-state index is 0.674. The predicted octanol–water partition coefficient (Wildman–Crippen LogP) is 4.65. The van der Waals surface area contributed by atoms with Crippen LogP contribution in [0.25, 0.3) is 5.57 Å². The zero-order valence-corrected chi connectivity index (χ0v) is 16.5. The van der Waals surface area contributed by atoms with Crippen LogP contribution in [-0.2, 0) is 4.74 Å². The number of aromatic nitrogens is 1. The molecule has 3 aliphatic rings. The van der Waals surface area contributed by atoms with Crippen molar-refractivity contribution in [3.63, 3.8) is 0 Å². The summed E-state index contributed by atoms with van der Waals surface area (Å²) >= 11 is 0. The second kappa shape index (κ2) is 8.55. The SMILES string of the molecule is C=C1C=CC(C2=CCCC=C2)=CN1/C(CN1CCOC1)=C(\C)c1ccncc1. The lowest BCUT2D eigenvalue weighted by Crippen LogP contribution is -2.30. The van der Waals surface area contributed by atoms with Gasteiger partial charge >= 0.3 is 0 Å². The molecule has 2 aliphatic heterocycles. The number of nitrogens with zero attached hydrogens (tertiary/aromatic N) is 3. The number of hydrogen-bond acceptors (Lipinski definition) is 4. The quantitative estimate of drug-likeness (QED) is 0.751. The molecule has 0 saturated carbocycles. The summed E-state index contributed by atoms with van der Waals surface area (Å²) in [5.41, 5.74) is 7.12. The fourth-order valence-electron chi connectivity index (χ4n) is 3.71. The standard InChI is InChI=1S/C24H27N3O/c1-19-8-9-23(22-6-4-3-5-7-22)16-27(19)24(17-26-14-15-28-18-26)20(2)21-10-12-25-13-11-21/h4,6-13,16H,1,3,5,14-15,17-18H2,2H3/b24-20+. The van der Waals surface area contributed by atoms with Crippen molar-refractivity contribution in [1.82, 2.24) is 14.8 Å². The highest BCUT2D eigenvalue weighted by Crippen LogP contribution is 2.31. The zero-order valence-electron chi connectivity index (χ0n) is 16.5. The largest absolute Gasteiger partial charge is 0.365 e. The lowest BCUT2D eigenvalue weighted by Gasteiger charge is -2.32. The van der Waals surface area contributed by atoms with Crippen LogP contribution >= 0.6 is 0 Å². The highest BCUT2D eigenvalue weighted by Gasteiger charge is 2.22. The maximum absolute atomic E-state index is 5.58. The summed E-state index contributed by atoms with van der Waals surface area (Å²) in [6.07, 6.45) is 19.2. The summed E-state index contributed by atoms with van der Waals surface area (Å²) in [6, 6.07) is 4.13. The molecule has 4 nitrogen and oxygen atoms in total. The maximum Gasteiger partial charge on any atom is 0.0995 e. The van der Waals surface area contributed by atoms with Crippen molar-refractivity contribution in [3.8, 4) is 0 Å². The predicted molar refractivity (Wildman–Crippen MR) is 114 cm³/mol. The van der Waals surface area contributed by atoms with Gasteiger partial charge in [0.05, 0.1) is 13.3 Å². The molecule has 0 bridgehead atoms. The number of pyridine rings is 1. The van der Waals surface area contributed by atoms with Crippen LogP contribution < -0.4 is 0 Å². The van der Waals surface area contributed by atoms with Gasteiger partial charge in [-0.3, -0.25) is 9.88 Å². The van der Waals surface area contributed by atoms with Crippen LogP contribution in [0.2, 0.25) is 0 Å². The molecular weight excluding hydrogens is 346 g/mol. The van der Waals surface area contributed by atoms with E-state index in [0.29, 0.717) is 6.73 Å². The summed E-state index contributed by atoms with van der Waals surface area (Å²) in [6.45, 7) is 9.73. The second-order valence-corrected chi connectivity index (χ2v) is 7.32. The van der Waals surface area contributed by atoms with E-state index in [2.05, 4.69) is 77.0 Å². The summed E-state index contributed by atoms with van der Waals surface area (Å²) < 4.78 is 5.58. The average molecular weight is 374 g/mol. The van der Waals surface area contributed by atoms with E-state index in [-0.39, 0.29) is 0 Å². The van der Waals surface area contributed by atoms with Gasteiger partial charge in [0.2, 0.25) is 0 Å². The van der Waals surface area contributed by atoms with Crippen molar-refractivity contribution in [2.75, 3.05) is 26.4 Å². The zero-order chi connectivity index (χ0) is 19.3. The topological polar surface area (TPSA) is 28.6 Å². The van der Waals surface area contributed by atoms with E-state index in [4.69, 9.17) is 4.74 Å². The molecule has 1 aliphatic carbocycles. The van der Waals surface area contributed by atoms with Gasteiger partial charge < -0.3 is 9.64 Å². The number of rotatable bonds is 5. The minimum atomic E-state index is 0.674. The fraction of sp³-hybridized carbons (Fsp3) is 0.292. The van der Waals surface area contributed by atoms with Gasteiger partial charge in [0.15, 0.2) is 0 Å². The van der Waals surface area contributed by atoms with Crippen molar-refractivity contribution >= 4 is 5.57 Å². The van der Waals surface area contributed by atoms with E-state index in [0.717, 1.165) is 38.2 Å². The highest BCUT2D eigenvalue weighted by atomic mass is 16.5. The fourth-order valence-corrected chi connectivity index (χ4v) is 3.71. The molecule has 0 amide bonds. The van der Waals surface area contributed by atoms with Gasteiger partial charge in [-0.05, 0) is 60.3 Å². The normalized spacial score (nSPS) is 20.9. The smallest absolute Gasteiger partial charge is 0.0995 e. The van der Waals surface area contributed by atoms with Gasteiger partial charge in [-0.25, -0.2) is 0 Å². The number of allylic oxidation sites excluding steroid dienone is 8. The van der Waals surface area contributed by atoms with Crippen LogP contribution in [0.4, 0.5) is 0 Å². The molecule has 4 rings (SSSR count). The molecular formula is C24H27N3O. The molecule has 0 radical (unpaired) electrons. The molecule has 0 N–H and O–H groups in total. The first kappa shape index (κ1) is 18.7. The third kappa shape index (κ3) is 4.08. The molecule has 4 heteroatoms. The van der Waals surface area contributed by atoms with Crippen molar-refractivity contribution in [2.24, 2.45) is 0 Å². The van der Waals surface area contributed by atoms with E-state index < -0.39 is 0 Å². The molecule has 0 unspecified atom stereocenters. The van der Waals surface area contributed by atoms with Crippen molar-refractivity contribution in [3.05, 3.63) is 95.8 Å². The lowest BCUT2D eigenvalue weighted by atomic mass is 9.97.